The van der Waals surface area contributed by atoms with Gasteiger partial charge in [0, 0.05) is 41.8 Å². The minimum absolute atomic E-state index is 0.373. The number of rotatable bonds is 6. The maximum Gasteiger partial charge on any atom is 0.335 e. The Kier molecular flexibility index (Phi) is 6.15. The highest BCUT2D eigenvalue weighted by Crippen LogP contribution is 2.47. The normalized spacial score (nSPS) is 16.6. The lowest BCUT2D eigenvalue weighted by atomic mass is 9.81. The molecule has 2 aliphatic rings. The first kappa shape index (κ1) is 22.0. The summed E-state index contributed by atoms with van der Waals surface area (Å²) in [5.41, 5.74) is 6.84. The first-order valence-electron chi connectivity index (χ1n) is 12.4. The smallest absolute Gasteiger partial charge is 0.335 e. The van der Waals surface area contributed by atoms with Crippen molar-refractivity contribution in [2.45, 2.75) is 51.0 Å². The molecule has 5 heteroatoms. The minimum atomic E-state index is -0.856. The Balaban J connectivity index is 1.68. The van der Waals surface area contributed by atoms with Crippen LogP contribution in [0.15, 0.2) is 42.5 Å². The van der Waals surface area contributed by atoms with Crippen molar-refractivity contribution in [1.29, 1.82) is 0 Å². The van der Waals surface area contributed by atoms with Crippen molar-refractivity contribution in [2.24, 2.45) is 0 Å². The summed E-state index contributed by atoms with van der Waals surface area (Å²) < 4.78 is 2.43. The summed E-state index contributed by atoms with van der Waals surface area (Å²) in [4.78, 5) is 16.6. The molecule has 1 aromatic heterocycles. The Morgan fingerprint density at radius 2 is 1.85 bits per heavy atom. The largest absolute Gasteiger partial charge is 0.478 e. The Morgan fingerprint density at radius 1 is 1.06 bits per heavy atom. The van der Waals surface area contributed by atoms with Crippen molar-refractivity contribution in [2.75, 3.05) is 38.6 Å². The van der Waals surface area contributed by atoms with Gasteiger partial charge in [-0.3, -0.25) is 0 Å². The molecule has 1 saturated carbocycles. The zero-order valence-electron chi connectivity index (χ0n) is 19.9. The molecular formula is C28H35N3O2. The Labute approximate surface area is 196 Å². The van der Waals surface area contributed by atoms with Crippen LogP contribution in [0.5, 0.6) is 0 Å². The summed E-state index contributed by atoms with van der Waals surface area (Å²) >= 11 is 0. The molecule has 0 saturated heterocycles. The topological polar surface area (TPSA) is 48.7 Å². The molecule has 1 N–H and O–H groups in total. The number of carboxylic acids is 1. The second-order valence-corrected chi connectivity index (χ2v) is 9.95. The van der Waals surface area contributed by atoms with Crippen LogP contribution in [-0.4, -0.2) is 54.3 Å². The number of carboxylic acid groups (broad SMARTS) is 1. The molecule has 1 aliphatic carbocycles. The highest BCUT2D eigenvalue weighted by molar-refractivity contribution is 5.99. The maximum atomic E-state index is 11.8. The van der Waals surface area contributed by atoms with E-state index in [-0.39, 0.29) is 0 Å². The fraction of sp³-hybridized carbons (Fsp3) is 0.464. The molecule has 33 heavy (non-hydrogen) atoms. The molecule has 0 bridgehead atoms. The van der Waals surface area contributed by atoms with Crippen LogP contribution < -0.4 is 4.90 Å². The number of hydrogen-bond acceptors (Lipinski definition) is 3. The minimum Gasteiger partial charge on any atom is -0.478 e. The lowest BCUT2D eigenvalue weighted by Crippen LogP contribution is -2.29. The highest BCUT2D eigenvalue weighted by Gasteiger charge is 2.30. The summed E-state index contributed by atoms with van der Waals surface area (Å²) in [7, 11) is 4.26. The van der Waals surface area contributed by atoms with E-state index in [1.165, 1.54) is 60.0 Å². The zero-order valence-corrected chi connectivity index (χ0v) is 19.9. The van der Waals surface area contributed by atoms with E-state index < -0.39 is 5.97 Å². The van der Waals surface area contributed by atoms with E-state index in [9.17, 15) is 9.90 Å². The van der Waals surface area contributed by atoms with Gasteiger partial charge in [-0.1, -0.05) is 43.5 Å². The molecule has 3 aromatic rings. The first-order valence-corrected chi connectivity index (χ1v) is 12.4. The van der Waals surface area contributed by atoms with Crippen LogP contribution in [0.1, 0.15) is 60.4 Å². The third-order valence-corrected chi connectivity index (χ3v) is 7.49. The lowest BCUT2D eigenvalue weighted by molar-refractivity contribution is 0.0697. The van der Waals surface area contributed by atoms with Crippen molar-refractivity contribution in [3.05, 3.63) is 53.6 Å². The highest BCUT2D eigenvalue weighted by atomic mass is 16.4. The number of nitrogens with zero attached hydrogens (tertiary/aromatic N) is 3. The van der Waals surface area contributed by atoms with Gasteiger partial charge >= 0.3 is 5.97 Å². The molecule has 1 fully saturated rings. The average Bonchev–Trinajstić information content (AvgIpc) is 3.05. The van der Waals surface area contributed by atoms with Crippen molar-refractivity contribution in [3.63, 3.8) is 0 Å². The Bertz CT molecular complexity index is 1160. The molecule has 5 nitrogen and oxygen atoms in total. The van der Waals surface area contributed by atoms with Gasteiger partial charge in [-0.25, -0.2) is 4.79 Å². The van der Waals surface area contributed by atoms with Crippen LogP contribution in [0.4, 0.5) is 5.69 Å². The predicted molar refractivity (Wildman–Crippen MR) is 136 cm³/mol. The van der Waals surface area contributed by atoms with E-state index in [4.69, 9.17) is 0 Å². The third kappa shape index (κ3) is 4.15. The van der Waals surface area contributed by atoms with Crippen molar-refractivity contribution in [1.82, 2.24) is 9.47 Å². The summed E-state index contributed by atoms with van der Waals surface area (Å²) in [6, 6.07) is 14.6. The van der Waals surface area contributed by atoms with Crippen molar-refractivity contribution >= 4 is 22.6 Å². The monoisotopic (exact) mass is 445 g/mol. The number of fused-ring (bicyclic) bond motifs is 5. The van der Waals surface area contributed by atoms with Crippen LogP contribution >= 0.6 is 0 Å². The number of aromatic carboxylic acids is 1. The molecule has 0 atom stereocenters. The van der Waals surface area contributed by atoms with E-state index in [1.54, 1.807) is 6.07 Å². The third-order valence-electron chi connectivity index (χ3n) is 7.49. The average molecular weight is 446 g/mol. The Hall–Kier alpha value is -2.79. The second-order valence-electron chi connectivity index (χ2n) is 9.95. The zero-order chi connectivity index (χ0) is 22.9. The number of carbonyl (C=O) groups is 1. The second kappa shape index (κ2) is 9.22. The number of aromatic nitrogens is 1. The van der Waals surface area contributed by atoms with Gasteiger partial charge in [0.2, 0.25) is 0 Å². The van der Waals surface area contributed by atoms with Gasteiger partial charge in [0.25, 0.3) is 0 Å². The maximum absolute atomic E-state index is 11.8. The fourth-order valence-corrected chi connectivity index (χ4v) is 5.94. The quantitative estimate of drug-likeness (QED) is 0.519. The van der Waals surface area contributed by atoms with Crippen LogP contribution in [0.2, 0.25) is 0 Å². The van der Waals surface area contributed by atoms with Gasteiger partial charge in [-0.15, -0.1) is 0 Å². The molecule has 0 unspecified atom stereocenters. The number of benzene rings is 2. The summed E-state index contributed by atoms with van der Waals surface area (Å²) in [6.07, 6.45) is 7.45. The van der Waals surface area contributed by atoms with E-state index in [1.807, 2.05) is 6.07 Å². The summed E-state index contributed by atoms with van der Waals surface area (Å²) in [5, 5.41) is 10.9. The molecule has 0 radical (unpaired) electrons. The van der Waals surface area contributed by atoms with Gasteiger partial charge in [-0.2, -0.15) is 0 Å². The Morgan fingerprint density at radius 3 is 2.61 bits per heavy atom. The molecule has 0 amide bonds. The molecule has 1 aliphatic heterocycles. The molecule has 2 heterocycles. The van der Waals surface area contributed by atoms with Crippen LogP contribution in [-0.2, 0) is 6.54 Å². The van der Waals surface area contributed by atoms with E-state index in [0.29, 0.717) is 11.5 Å². The summed E-state index contributed by atoms with van der Waals surface area (Å²) in [5.74, 6) is -0.312. The standard InChI is InChI=1S/C28H35N3O2/c1-29(2)15-8-16-30-17-18-31-25-19-21(28(32)33)13-14-22(25)26(20-9-4-3-5-10-20)27(31)23-11-6-7-12-24(23)30/h6-7,11-14,19-20H,3-5,8-10,15-18H2,1-2H3,(H,32,33). The van der Waals surface area contributed by atoms with Crippen LogP contribution in [0, 0.1) is 0 Å². The van der Waals surface area contributed by atoms with Gasteiger partial charge in [0.05, 0.1) is 11.3 Å². The van der Waals surface area contributed by atoms with Gasteiger partial charge in [0.15, 0.2) is 0 Å². The SMILES string of the molecule is CN(C)CCCN1CCn2c(c(C3CCCCC3)c3ccc(C(=O)O)cc32)-c2ccccc21. The number of hydrogen-bond donors (Lipinski definition) is 1. The van der Waals surface area contributed by atoms with Crippen molar-refractivity contribution in [3.8, 4) is 11.3 Å². The molecule has 174 valence electrons. The van der Waals surface area contributed by atoms with E-state index in [2.05, 4.69) is 58.8 Å². The molecular weight excluding hydrogens is 410 g/mol. The van der Waals surface area contributed by atoms with E-state index >= 15 is 0 Å². The number of para-hydroxylation sites is 1. The van der Waals surface area contributed by atoms with Crippen molar-refractivity contribution < 1.29 is 9.90 Å². The first-order chi connectivity index (χ1) is 16.0. The predicted octanol–water partition coefficient (Wildman–Crippen LogP) is 5.83. The summed E-state index contributed by atoms with van der Waals surface area (Å²) in [6.45, 7) is 3.90. The number of anilines is 1. The molecule has 0 spiro atoms. The van der Waals surface area contributed by atoms with Crippen LogP contribution in [0.25, 0.3) is 22.2 Å². The van der Waals surface area contributed by atoms with Gasteiger partial charge in [0.1, 0.15) is 0 Å². The van der Waals surface area contributed by atoms with Gasteiger partial charge in [-0.05, 0) is 69.6 Å². The lowest BCUT2D eigenvalue weighted by Gasteiger charge is -2.26. The fourth-order valence-electron chi connectivity index (χ4n) is 5.94. The molecule has 5 rings (SSSR count). The van der Waals surface area contributed by atoms with Gasteiger partial charge < -0.3 is 19.5 Å². The molecule has 2 aromatic carbocycles. The van der Waals surface area contributed by atoms with E-state index in [0.717, 1.165) is 38.1 Å². The van der Waals surface area contributed by atoms with Crippen LogP contribution in [0.3, 0.4) is 0 Å².